The van der Waals surface area contributed by atoms with Crippen LogP contribution < -0.4 is 10.1 Å². The van der Waals surface area contributed by atoms with Gasteiger partial charge in [0.2, 0.25) is 11.9 Å². The van der Waals surface area contributed by atoms with E-state index < -0.39 is 36.5 Å². The average Bonchev–Trinajstić information content (AvgIpc) is 2.55. The zero-order valence-electron chi connectivity index (χ0n) is 13.3. The number of benzene rings is 1. The molecule has 0 fully saturated rings. The summed E-state index contributed by atoms with van der Waals surface area (Å²) in [6, 6.07) is 2.69. The number of esters is 2. The summed E-state index contributed by atoms with van der Waals surface area (Å²) >= 11 is 0. The van der Waals surface area contributed by atoms with Crippen molar-refractivity contribution < 1.29 is 38.5 Å². The highest BCUT2D eigenvalue weighted by Gasteiger charge is 2.29. The summed E-state index contributed by atoms with van der Waals surface area (Å²) in [6.45, 7) is 0.634. The van der Waals surface area contributed by atoms with Gasteiger partial charge in [0.05, 0.1) is 19.8 Å². The monoisotopic (exact) mass is 339 g/mol. The molecule has 0 aliphatic rings. The van der Waals surface area contributed by atoms with E-state index in [2.05, 4.69) is 4.74 Å². The highest BCUT2D eigenvalue weighted by Crippen LogP contribution is 2.24. The Morgan fingerprint density at radius 1 is 1.21 bits per heavy atom. The molecule has 0 aliphatic heterocycles. The lowest BCUT2D eigenvalue weighted by Crippen LogP contribution is -2.46. The number of amides is 1. The van der Waals surface area contributed by atoms with Crippen LogP contribution in [0.4, 0.5) is 0 Å². The Morgan fingerprint density at radius 3 is 2.38 bits per heavy atom. The fourth-order valence-electron chi connectivity index (χ4n) is 1.86. The molecule has 1 amide bonds. The summed E-state index contributed by atoms with van der Waals surface area (Å²) in [7, 11) is 2.55. The zero-order valence-corrected chi connectivity index (χ0v) is 13.3. The molecule has 2 N–H and O–H groups in total. The van der Waals surface area contributed by atoms with E-state index in [1.54, 1.807) is 6.07 Å². The van der Waals surface area contributed by atoms with Crippen LogP contribution in [0.3, 0.4) is 0 Å². The number of aliphatic carboxylic acids is 1. The van der Waals surface area contributed by atoms with E-state index in [0.29, 0.717) is 0 Å². The van der Waals surface area contributed by atoms with Gasteiger partial charge in [0.25, 0.3) is 0 Å². The van der Waals surface area contributed by atoms with Gasteiger partial charge in [-0.1, -0.05) is 6.07 Å². The fourth-order valence-corrected chi connectivity index (χ4v) is 1.86. The molecule has 0 saturated heterocycles. The van der Waals surface area contributed by atoms with Crippen LogP contribution in [0.1, 0.15) is 22.8 Å². The first-order valence-corrected chi connectivity index (χ1v) is 6.72. The summed E-state index contributed by atoms with van der Waals surface area (Å²) in [5, 5.41) is 10.9. The molecular weight excluding hydrogens is 322 g/mol. The molecule has 0 heterocycles. The van der Waals surface area contributed by atoms with Crippen LogP contribution in [0.25, 0.3) is 0 Å². The second-order valence-corrected chi connectivity index (χ2v) is 4.56. The van der Waals surface area contributed by atoms with Gasteiger partial charge >= 0.3 is 17.9 Å². The van der Waals surface area contributed by atoms with E-state index >= 15 is 0 Å². The van der Waals surface area contributed by atoms with Crippen molar-refractivity contribution in [3.63, 3.8) is 0 Å². The summed E-state index contributed by atoms with van der Waals surface area (Å²) < 4.78 is 14.6. The van der Waals surface area contributed by atoms with Crippen molar-refractivity contribution >= 4 is 23.8 Å². The van der Waals surface area contributed by atoms with Gasteiger partial charge in [-0.3, -0.25) is 4.79 Å². The second-order valence-electron chi connectivity index (χ2n) is 4.56. The lowest BCUT2D eigenvalue weighted by Gasteiger charge is -2.15. The third-order valence-corrected chi connectivity index (χ3v) is 2.95. The molecule has 0 saturated carbocycles. The van der Waals surface area contributed by atoms with Crippen molar-refractivity contribution in [2.24, 2.45) is 0 Å². The van der Waals surface area contributed by atoms with Crippen LogP contribution in [-0.4, -0.2) is 49.2 Å². The maximum atomic E-state index is 11.9. The smallest absolute Gasteiger partial charge is 0.340 e. The molecule has 1 aromatic rings. The van der Waals surface area contributed by atoms with E-state index in [1.807, 2.05) is 5.32 Å². The summed E-state index contributed by atoms with van der Waals surface area (Å²) in [6.07, 6.45) is 0. The molecule has 9 heteroatoms. The average molecular weight is 339 g/mol. The van der Waals surface area contributed by atoms with Crippen LogP contribution in [0, 0.1) is 0 Å². The van der Waals surface area contributed by atoms with E-state index in [4.69, 9.17) is 14.6 Å². The van der Waals surface area contributed by atoms with E-state index in [-0.39, 0.29) is 16.9 Å². The quantitative estimate of drug-likeness (QED) is 0.529. The zero-order chi connectivity index (χ0) is 18.3. The molecule has 0 aromatic heterocycles. The topological polar surface area (TPSA) is 128 Å². The maximum absolute atomic E-state index is 11.9. The number of methoxy groups -OCH3 is 2. The van der Waals surface area contributed by atoms with Gasteiger partial charge in [0.1, 0.15) is 12.4 Å². The van der Waals surface area contributed by atoms with Crippen LogP contribution in [0.2, 0.25) is 0 Å². The third kappa shape index (κ3) is 4.70. The molecule has 9 nitrogen and oxygen atoms in total. The number of ether oxygens (including phenoxy) is 3. The number of hydrogen-bond acceptors (Lipinski definition) is 7. The normalized spacial score (nSPS) is 11.1. The molecule has 1 rings (SSSR count). The Morgan fingerprint density at radius 2 is 1.88 bits per heavy atom. The minimum Gasteiger partial charge on any atom is -0.496 e. The molecule has 24 heavy (non-hydrogen) atoms. The Labute approximate surface area is 137 Å². The van der Waals surface area contributed by atoms with Crippen molar-refractivity contribution in [3.8, 4) is 5.75 Å². The number of carboxylic acid groups (broad SMARTS) is 1. The van der Waals surface area contributed by atoms with Crippen molar-refractivity contribution in [2.45, 2.75) is 19.6 Å². The van der Waals surface area contributed by atoms with Crippen molar-refractivity contribution in [2.75, 3.05) is 14.2 Å². The summed E-state index contributed by atoms with van der Waals surface area (Å²) in [4.78, 5) is 45.6. The van der Waals surface area contributed by atoms with E-state index in [0.717, 1.165) is 6.92 Å². The first-order chi connectivity index (χ1) is 11.3. The fraction of sp³-hybridized carbons (Fsp3) is 0.333. The minimum atomic E-state index is -1.85. The Balaban J connectivity index is 3.00. The number of carboxylic acids is 1. The van der Waals surface area contributed by atoms with Gasteiger partial charge in [0.15, 0.2) is 0 Å². The predicted molar refractivity (Wildman–Crippen MR) is 79.4 cm³/mol. The molecule has 0 radical (unpaired) electrons. The van der Waals surface area contributed by atoms with Gasteiger partial charge in [0, 0.05) is 12.5 Å². The van der Waals surface area contributed by atoms with Gasteiger partial charge < -0.3 is 24.6 Å². The summed E-state index contributed by atoms with van der Waals surface area (Å²) in [5.74, 6) is -3.86. The largest absolute Gasteiger partial charge is 0.496 e. The van der Waals surface area contributed by atoms with Crippen molar-refractivity contribution in [3.05, 3.63) is 29.3 Å². The SMILES string of the molecule is COC(=O)c1cccc(OC)c1COC(=O)C(NC(C)=O)C(=O)O. The van der Waals surface area contributed by atoms with Crippen LogP contribution in [0.15, 0.2) is 18.2 Å². The Bertz CT molecular complexity index is 655. The Kier molecular flexibility index (Phi) is 6.72. The second kappa shape index (κ2) is 8.51. The standard InChI is InChI=1S/C15H17NO8/c1-8(17)16-12(13(18)19)15(21)24-7-10-9(14(20)23-3)5-4-6-11(10)22-2/h4-6,12H,7H2,1-3H3,(H,16,17)(H,18,19). The van der Waals surface area contributed by atoms with E-state index in [1.165, 1.54) is 26.4 Å². The molecule has 130 valence electrons. The number of hydrogen-bond donors (Lipinski definition) is 2. The molecule has 0 spiro atoms. The lowest BCUT2D eigenvalue weighted by molar-refractivity contribution is -0.157. The van der Waals surface area contributed by atoms with Crippen LogP contribution in [-0.2, 0) is 30.5 Å². The first-order valence-electron chi connectivity index (χ1n) is 6.72. The predicted octanol–water partition coefficient (Wildman–Crippen LogP) is 0.114. The van der Waals surface area contributed by atoms with E-state index in [9.17, 15) is 19.2 Å². The maximum Gasteiger partial charge on any atom is 0.340 e. The van der Waals surface area contributed by atoms with Gasteiger partial charge in [-0.25, -0.2) is 14.4 Å². The highest BCUT2D eigenvalue weighted by molar-refractivity contribution is 6.01. The number of rotatable bonds is 7. The molecule has 1 atom stereocenters. The molecule has 0 bridgehead atoms. The third-order valence-electron chi connectivity index (χ3n) is 2.95. The molecule has 0 aliphatic carbocycles. The minimum absolute atomic E-state index is 0.107. The highest BCUT2D eigenvalue weighted by atomic mass is 16.5. The van der Waals surface area contributed by atoms with Crippen LogP contribution >= 0.6 is 0 Å². The van der Waals surface area contributed by atoms with Crippen molar-refractivity contribution in [1.82, 2.24) is 5.32 Å². The van der Waals surface area contributed by atoms with Crippen LogP contribution in [0.5, 0.6) is 5.75 Å². The molecular formula is C15H17NO8. The van der Waals surface area contributed by atoms with Gasteiger partial charge in [-0.05, 0) is 12.1 Å². The van der Waals surface area contributed by atoms with Gasteiger partial charge in [-0.2, -0.15) is 0 Å². The Hall–Kier alpha value is -3.10. The molecule has 1 unspecified atom stereocenters. The number of carbonyl (C=O) groups excluding carboxylic acids is 3. The number of nitrogens with one attached hydrogen (secondary N) is 1. The lowest BCUT2D eigenvalue weighted by atomic mass is 10.1. The summed E-state index contributed by atoms with van der Waals surface area (Å²) in [5.41, 5.74) is 0.322. The first kappa shape index (κ1) is 18.9. The number of carbonyl (C=O) groups is 4. The van der Waals surface area contributed by atoms with Gasteiger partial charge in [-0.15, -0.1) is 0 Å². The molecule has 1 aromatic carbocycles. The van der Waals surface area contributed by atoms with Crippen molar-refractivity contribution in [1.29, 1.82) is 0 Å².